The molecule has 2 rings (SSSR count). The zero-order chi connectivity index (χ0) is 19.7. The van der Waals surface area contributed by atoms with E-state index in [0.29, 0.717) is 25.0 Å². The van der Waals surface area contributed by atoms with E-state index >= 15 is 0 Å². The summed E-state index contributed by atoms with van der Waals surface area (Å²) in [7, 11) is -1.33. The largest absolute Gasteiger partial charge is 0.356 e. The van der Waals surface area contributed by atoms with Crippen LogP contribution in [0.1, 0.15) is 38.7 Å². The van der Waals surface area contributed by atoms with E-state index in [4.69, 9.17) is 0 Å². The maximum Gasteiger partial charge on any atom is 0.191 e. The molecular weight excluding hydrogens is 487 g/mol. The van der Waals surface area contributed by atoms with E-state index in [9.17, 15) is 8.42 Å². The van der Waals surface area contributed by atoms with Crippen molar-refractivity contribution in [2.24, 2.45) is 4.99 Å². The lowest BCUT2D eigenvalue weighted by Gasteiger charge is -2.35. The molecule has 0 unspecified atom stereocenters. The second-order valence-corrected chi connectivity index (χ2v) is 9.66. The van der Waals surface area contributed by atoms with Crippen LogP contribution in [0.3, 0.4) is 0 Å². The van der Waals surface area contributed by atoms with Crippen molar-refractivity contribution in [3.05, 3.63) is 35.9 Å². The highest BCUT2D eigenvalue weighted by atomic mass is 127. The lowest BCUT2D eigenvalue weighted by atomic mass is 10.0. The van der Waals surface area contributed by atoms with Gasteiger partial charge in [0.05, 0.1) is 11.5 Å². The number of likely N-dealkylation sites (tertiary alicyclic amines) is 1. The molecule has 1 saturated heterocycles. The first-order chi connectivity index (χ1) is 12.9. The SMILES string of the molecule is CN=C(NCCCS(=O)(=O)Cc1ccccc1)NC1CCN(C(C)C)CC1.I. The summed E-state index contributed by atoms with van der Waals surface area (Å²) in [5.41, 5.74) is 0.843. The Balaban J connectivity index is 0.00000392. The van der Waals surface area contributed by atoms with E-state index in [-0.39, 0.29) is 35.5 Å². The van der Waals surface area contributed by atoms with Gasteiger partial charge in [-0.2, -0.15) is 0 Å². The fraction of sp³-hybridized carbons (Fsp3) is 0.650. The quantitative estimate of drug-likeness (QED) is 0.238. The molecule has 0 spiro atoms. The Morgan fingerprint density at radius 1 is 1.21 bits per heavy atom. The van der Waals surface area contributed by atoms with Crippen molar-refractivity contribution >= 4 is 39.8 Å². The van der Waals surface area contributed by atoms with Gasteiger partial charge in [0.2, 0.25) is 0 Å². The fourth-order valence-corrected chi connectivity index (χ4v) is 4.78. The summed E-state index contributed by atoms with van der Waals surface area (Å²) >= 11 is 0. The van der Waals surface area contributed by atoms with Crippen LogP contribution in [0.4, 0.5) is 0 Å². The van der Waals surface area contributed by atoms with Crippen LogP contribution in [-0.4, -0.2) is 63.8 Å². The molecular formula is C20H35IN4O2S. The summed E-state index contributed by atoms with van der Waals surface area (Å²) in [5, 5.41) is 6.71. The van der Waals surface area contributed by atoms with Crippen LogP contribution in [0.25, 0.3) is 0 Å². The second-order valence-electron chi connectivity index (χ2n) is 7.48. The molecule has 1 aliphatic rings. The summed E-state index contributed by atoms with van der Waals surface area (Å²) in [6, 6.07) is 10.4. The highest BCUT2D eigenvalue weighted by molar-refractivity contribution is 14.0. The fourth-order valence-electron chi connectivity index (χ4n) is 3.35. The Labute approximate surface area is 187 Å². The zero-order valence-corrected chi connectivity index (χ0v) is 20.4. The molecule has 8 heteroatoms. The average molecular weight is 522 g/mol. The predicted molar refractivity (Wildman–Crippen MR) is 128 cm³/mol. The molecule has 1 aliphatic heterocycles. The molecule has 0 atom stereocenters. The molecule has 1 fully saturated rings. The third-order valence-electron chi connectivity index (χ3n) is 4.98. The van der Waals surface area contributed by atoms with Crippen molar-refractivity contribution in [1.29, 1.82) is 0 Å². The molecule has 0 radical (unpaired) electrons. The van der Waals surface area contributed by atoms with E-state index in [1.807, 2.05) is 30.3 Å². The van der Waals surface area contributed by atoms with Gasteiger partial charge in [-0.1, -0.05) is 30.3 Å². The second kappa shape index (κ2) is 12.6. The molecule has 1 aromatic rings. The average Bonchev–Trinajstić information content (AvgIpc) is 2.65. The van der Waals surface area contributed by atoms with Crippen LogP contribution in [-0.2, 0) is 15.6 Å². The lowest BCUT2D eigenvalue weighted by Crippen LogP contribution is -2.50. The number of piperidine rings is 1. The molecule has 160 valence electrons. The molecule has 1 aromatic carbocycles. The summed E-state index contributed by atoms with van der Waals surface area (Å²) < 4.78 is 24.5. The van der Waals surface area contributed by atoms with Crippen molar-refractivity contribution in [2.45, 2.75) is 50.9 Å². The van der Waals surface area contributed by atoms with Gasteiger partial charge in [-0.25, -0.2) is 8.42 Å². The summed E-state index contributed by atoms with van der Waals surface area (Å²) in [5.74, 6) is 1.05. The standard InChI is InChI=1S/C20H34N4O2S.HI/c1-17(2)24-13-10-19(11-14-24)23-20(21-3)22-12-7-15-27(25,26)16-18-8-5-4-6-9-18;/h4-6,8-9,17,19H,7,10-16H2,1-3H3,(H2,21,22,23);1H. The number of aliphatic imine (C=N–C) groups is 1. The van der Waals surface area contributed by atoms with Gasteiger partial charge in [0, 0.05) is 38.8 Å². The van der Waals surface area contributed by atoms with Crippen LogP contribution in [0, 0.1) is 0 Å². The molecule has 0 amide bonds. The highest BCUT2D eigenvalue weighted by Gasteiger charge is 2.21. The Morgan fingerprint density at radius 3 is 2.43 bits per heavy atom. The molecule has 0 bridgehead atoms. The number of rotatable bonds is 8. The van der Waals surface area contributed by atoms with Gasteiger partial charge >= 0.3 is 0 Å². The van der Waals surface area contributed by atoms with Gasteiger partial charge < -0.3 is 15.5 Å². The number of guanidine groups is 1. The molecule has 2 N–H and O–H groups in total. The van der Waals surface area contributed by atoms with Gasteiger partial charge in [0.25, 0.3) is 0 Å². The van der Waals surface area contributed by atoms with Gasteiger partial charge in [-0.3, -0.25) is 4.99 Å². The van der Waals surface area contributed by atoms with E-state index < -0.39 is 9.84 Å². The van der Waals surface area contributed by atoms with Gasteiger partial charge in [-0.05, 0) is 38.7 Å². The number of hydrogen-bond donors (Lipinski definition) is 2. The van der Waals surface area contributed by atoms with Gasteiger partial charge in [-0.15, -0.1) is 24.0 Å². The van der Waals surface area contributed by atoms with Crippen molar-refractivity contribution in [2.75, 3.05) is 32.4 Å². The minimum absolute atomic E-state index is 0. The smallest absolute Gasteiger partial charge is 0.191 e. The van der Waals surface area contributed by atoms with Crippen LogP contribution in [0.5, 0.6) is 0 Å². The van der Waals surface area contributed by atoms with Crippen LogP contribution >= 0.6 is 24.0 Å². The maximum absolute atomic E-state index is 12.2. The van der Waals surface area contributed by atoms with Gasteiger partial charge in [0.1, 0.15) is 0 Å². The normalized spacial score (nSPS) is 16.6. The van der Waals surface area contributed by atoms with Crippen molar-refractivity contribution in [3.8, 4) is 0 Å². The first-order valence-corrected chi connectivity index (χ1v) is 11.7. The van der Waals surface area contributed by atoms with Gasteiger partial charge in [0.15, 0.2) is 15.8 Å². The van der Waals surface area contributed by atoms with Crippen molar-refractivity contribution in [3.63, 3.8) is 0 Å². The maximum atomic E-state index is 12.2. The topological polar surface area (TPSA) is 73.8 Å². The molecule has 1 heterocycles. The Kier molecular flexibility index (Phi) is 11.4. The van der Waals surface area contributed by atoms with Crippen LogP contribution < -0.4 is 10.6 Å². The number of halogens is 1. The summed E-state index contributed by atoms with van der Waals surface area (Å²) in [6.07, 6.45) is 2.77. The van der Waals surface area contributed by atoms with E-state index in [0.717, 1.165) is 37.5 Å². The van der Waals surface area contributed by atoms with E-state index in [1.165, 1.54) is 0 Å². The molecule has 6 nitrogen and oxygen atoms in total. The Morgan fingerprint density at radius 2 is 1.86 bits per heavy atom. The number of sulfone groups is 1. The Hall–Kier alpha value is -0.870. The highest BCUT2D eigenvalue weighted by Crippen LogP contribution is 2.12. The molecule has 0 aliphatic carbocycles. The zero-order valence-electron chi connectivity index (χ0n) is 17.2. The third-order valence-corrected chi connectivity index (χ3v) is 6.66. The molecule has 0 aromatic heterocycles. The predicted octanol–water partition coefficient (Wildman–Crippen LogP) is 2.65. The van der Waals surface area contributed by atoms with Crippen LogP contribution in [0.15, 0.2) is 35.3 Å². The minimum atomic E-state index is -3.09. The summed E-state index contributed by atoms with van der Waals surface area (Å²) in [6.45, 7) is 7.27. The number of hydrogen-bond acceptors (Lipinski definition) is 4. The summed E-state index contributed by atoms with van der Waals surface area (Å²) in [4.78, 5) is 6.76. The van der Waals surface area contributed by atoms with Crippen molar-refractivity contribution in [1.82, 2.24) is 15.5 Å². The van der Waals surface area contributed by atoms with Crippen molar-refractivity contribution < 1.29 is 8.42 Å². The number of nitrogens with zero attached hydrogens (tertiary/aromatic N) is 2. The monoisotopic (exact) mass is 522 g/mol. The molecule has 0 saturated carbocycles. The number of benzene rings is 1. The Bertz CT molecular complexity index is 687. The van der Waals surface area contributed by atoms with E-state index in [1.54, 1.807) is 7.05 Å². The number of nitrogens with one attached hydrogen (secondary N) is 2. The lowest BCUT2D eigenvalue weighted by molar-refractivity contribution is 0.167. The minimum Gasteiger partial charge on any atom is -0.356 e. The van der Waals surface area contributed by atoms with Crippen LogP contribution in [0.2, 0.25) is 0 Å². The molecule has 28 heavy (non-hydrogen) atoms. The first-order valence-electron chi connectivity index (χ1n) is 9.85. The first kappa shape index (κ1) is 25.2. The van der Waals surface area contributed by atoms with E-state index in [2.05, 4.69) is 34.4 Å². The third kappa shape index (κ3) is 9.09.